The van der Waals surface area contributed by atoms with Crippen LogP contribution >= 0.6 is 0 Å². The maximum absolute atomic E-state index is 11.7. The van der Waals surface area contributed by atoms with Gasteiger partial charge in [0.05, 0.1) is 12.5 Å². The molecule has 0 saturated carbocycles. The van der Waals surface area contributed by atoms with Gasteiger partial charge in [0, 0.05) is 13.0 Å². The van der Waals surface area contributed by atoms with E-state index in [0.29, 0.717) is 6.42 Å². The lowest BCUT2D eigenvalue weighted by Gasteiger charge is -2.15. The van der Waals surface area contributed by atoms with Crippen LogP contribution in [0.1, 0.15) is 26.7 Å². The zero-order valence-electron chi connectivity index (χ0n) is 11.2. The van der Waals surface area contributed by atoms with Crippen molar-refractivity contribution in [2.75, 3.05) is 19.8 Å². The summed E-state index contributed by atoms with van der Waals surface area (Å²) in [5.74, 6) is -1.77. The van der Waals surface area contributed by atoms with Crippen LogP contribution in [0, 0.1) is 11.8 Å². The van der Waals surface area contributed by atoms with Crippen LogP contribution in [0.5, 0.6) is 0 Å². The van der Waals surface area contributed by atoms with Gasteiger partial charge in [-0.3, -0.25) is 9.59 Å². The maximum Gasteiger partial charge on any atom is 0.308 e. The second-order valence-corrected chi connectivity index (χ2v) is 4.68. The summed E-state index contributed by atoms with van der Waals surface area (Å²) in [6, 6.07) is 0. The highest BCUT2D eigenvalue weighted by Gasteiger charge is 2.19. The average Bonchev–Trinajstić information content (AvgIpc) is 2.29. The molecule has 0 aliphatic heterocycles. The number of halogens is 2. The van der Waals surface area contributed by atoms with E-state index in [9.17, 15) is 18.4 Å². The number of hydrogen-bond acceptors (Lipinski definition) is 3. The van der Waals surface area contributed by atoms with Crippen LogP contribution < -0.4 is 5.32 Å². The summed E-state index contributed by atoms with van der Waals surface area (Å²) in [5, 5.41) is 11.4. The first-order chi connectivity index (χ1) is 8.82. The minimum atomic E-state index is -2.55. The third-order valence-electron chi connectivity index (χ3n) is 2.37. The van der Waals surface area contributed by atoms with E-state index in [4.69, 9.17) is 5.11 Å². The van der Waals surface area contributed by atoms with Gasteiger partial charge in [0.2, 0.25) is 5.91 Å². The second-order valence-electron chi connectivity index (χ2n) is 4.68. The lowest BCUT2D eigenvalue weighted by Crippen LogP contribution is -2.34. The van der Waals surface area contributed by atoms with E-state index in [0.717, 1.165) is 0 Å². The Bertz CT molecular complexity index is 285. The maximum atomic E-state index is 11.7. The van der Waals surface area contributed by atoms with Gasteiger partial charge in [-0.15, -0.1) is 0 Å². The summed E-state index contributed by atoms with van der Waals surface area (Å²) in [6.07, 6.45) is -2.14. The minimum absolute atomic E-state index is 0.0429. The van der Waals surface area contributed by atoms with Gasteiger partial charge >= 0.3 is 5.97 Å². The molecule has 19 heavy (non-hydrogen) atoms. The van der Waals surface area contributed by atoms with Gasteiger partial charge in [0.25, 0.3) is 6.43 Å². The Kier molecular flexibility index (Phi) is 9.03. The summed E-state index contributed by atoms with van der Waals surface area (Å²) in [4.78, 5) is 22.3. The second kappa shape index (κ2) is 9.66. The van der Waals surface area contributed by atoms with Gasteiger partial charge in [-0.25, -0.2) is 8.78 Å². The van der Waals surface area contributed by atoms with Crippen LogP contribution in [0.2, 0.25) is 0 Å². The van der Waals surface area contributed by atoms with E-state index in [1.54, 1.807) is 0 Å². The average molecular weight is 281 g/mol. The SMILES string of the molecule is CC(C)CC(CNC(=O)CCOCC(F)F)C(=O)O. The predicted molar refractivity (Wildman–Crippen MR) is 65.0 cm³/mol. The molecule has 1 amide bonds. The fourth-order valence-electron chi connectivity index (χ4n) is 1.50. The van der Waals surface area contributed by atoms with Crippen molar-refractivity contribution in [1.29, 1.82) is 0 Å². The number of hydrogen-bond donors (Lipinski definition) is 2. The monoisotopic (exact) mass is 281 g/mol. The Hall–Kier alpha value is -1.24. The Morgan fingerprint density at radius 1 is 1.32 bits per heavy atom. The van der Waals surface area contributed by atoms with Gasteiger partial charge in [-0.1, -0.05) is 13.8 Å². The number of carboxylic acid groups (broad SMARTS) is 1. The van der Waals surface area contributed by atoms with Gasteiger partial charge in [-0.05, 0) is 12.3 Å². The summed E-state index contributed by atoms with van der Waals surface area (Å²) < 4.78 is 28.0. The number of carboxylic acids is 1. The molecule has 0 radical (unpaired) electrons. The summed E-state index contributed by atoms with van der Waals surface area (Å²) >= 11 is 0. The number of carbonyl (C=O) groups is 2. The molecular weight excluding hydrogens is 260 g/mol. The van der Waals surface area contributed by atoms with Crippen molar-refractivity contribution in [1.82, 2.24) is 5.32 Å². The third-order valence-corrected chi connectivity index (χ3v) is 2.37. The Balaban J connectivity index is 3.83. The standard InChI is InChI=1S/C12H21F2NO4/c1-8(2)5-9(12(17)18)6-15-11(16)3-4-19-7-10(13)14/h8-10H,3-7H2,1-2H3,(H,15,16)(H,17,18). The first kappa shape index (κ1) is 17.8. The number of rotatable bonds is 10. The Labute approximate surface area is 111 Å². The molecule has 0 fully saturated rings. The van der Waals surface area contributed by atoms with Crippen molar-refractivity contribution >= 4 is 11.9 Å². The fraction of sp³-hybridized carbons (Fsp3) is 0.833. The van der Waals surface area contributed by atoms with Crippen molar-refractivity contribution < 1.29 is 28.2 Å². The van der Waals surface area contributed by atoms with Crippen molar-refractivity contribution in [3.8, 4) is 0 Å². The molecule has 112 valence electrons. The molecule has 0 aromatic rings. The molecule has 7 heteroatoms. The lowest BCUT2D eigenvalue weighted by molar-refractivity contribution is -0.142. The van der Waals surface area contributed by atoms with E-state index in [1.807, 2.05) is 13.8 Å². The van der Waals surface area contributed by atoms with Crippen molar-refractivity contribution in [2.45, 2.75) is 33.1 Å². The van der Waals surface area contributed by atoms with Gasteiger partial charge in [0.15, 0.2) is 0 Å². The molecule has 0 bridgehead atoms. The highest BCUT2D eigenvalue weighted by atomic mass is 19.3. The van der Waals surface area contributed by atoms with Crippen LogP contribution in [0.15, 0.2) is 0 Å². The summed E-state index contributed by atoms with van der Waals surface area (Å²) in [5.41, 5.74) is 0. The highest BCUT2D eigenvalue weighted by molar-refractivity contribution is 5.77. The number of nitrogens with one attached hydrogen (secondary N) is 1. The van der Waals surface area contributed by atoms with Gasteiger partial charge < -0.3 is 15.2 Å². The first-order valence-corrected chi connectivity index (χ1v) is 6.18. The topological polar surface area (TPSA) is 75.6 Å². The van der Waals surface area contributed by atoms with E-state index in [-0.39, 0.29) is 25.5 Å². The zero-order chi connectivity index (χ0) is 14.8. The Morgan fingerprint density at radius 2 is 1.95 bits per heavy atom. The highest BCUT2D eigenvalue weighted by Crippen LogP contribution is 2.11. The summed E-state index contributed by atoms with van der Waals surface area (Å²) in [7, 11) is 0. The molecule has 0 aliphatic rings. The Morgan fingerprint density at radius 3 is 2.42 bits per heavy atom. The smallest absolute Gasteiger partial charge is 0.308 e. The van der Waals surface area contributed by atoms with Gasteiger partial charge in [-0.2, -0.15) is 0 Å². The van der Waals surface area contributed by atoms with Crippen LogP contribution in [-0.4, -0.2) is 43.2 Å². The van der Waals surface area contributed by atoms with Crippen molar-refractivity contribution in [3.63, 3.8) is 0 Å². The molecule has 0 aliphatic carbocycles. The number of alkyl halides is 2. The van der Waals surface area contributed by atoms with Crippen LogP contribution in [0.4, 0.5) is 8.78 Å². The first-order valence-electron chi connectivity index (χ1n) is 6.18. The molecule has 0 aromatic carbocycles. The largest absolute Gasteiger partial charge is 0.481 e. The van der Waals surface area contributed by atoms with E-state index >= 15 is 0 Å². The molecule has 0 rings (SSSR count). The number of aliphatic carboxylic acids is 1. The normalized spacial score (nSPS) is 12.7. The number of carbonyl (C=O) groups excluding carboxylic acids is 1. The third kappa shape index (κ3) is 10.4. The fourth-order valence-corrected chi connectivity index (χ4v) is 1.50. The molecular formula is C12H21F2NO4. The predicted octanol–water partition coefficient (Wildman–Crippen LogP) is 1.52. The molecule has 0 spiro atoms. The van der Waals surface area contributed by atoms with Crippen molar-refractivity contribution in [2.24, 2.45) is 11.8 Å². The van der Waals surface area contributed by atoms with Crippen LogP contribution in [0.3, 0.4) is 0 Å². The van der Waals surface area contributed by atoms with Gasteiger partial charge in [0.1, 0.15) is 6.61 Å². The molecule has 2 N–H and O–H groups in total. The molecule has 0 saturated heterocycles. The lowest BCUT2D eigenvalue weighted by atomic mass is 9.97. The summed E-state index contributed by atoms with van der Waals surface area (Å²) in [6.45, 7) is 3.05. The van der Waals surface area contributed by atoms with Crippen LogP contribution in [-0.2, 0) is 14.3 Å². The number of ether oxygens (including phenoxy) is 1. The quantitative estimate of drug-likeness (QED) is 0.595. The van der Waals surface area contributed by atoms with E-state index in [1.165, 1.54) is 0 Å². The molecule has 5 nitrogen and oxygen atoms in total. The van der Waals surface area contributed by atoms with E-state index < -0.39 is 30.8 Å². The number of amides is 1. The molecule has 1 unspecified atom stereocenters. The minimum Gasteiger partial charge on any atom is -0.481 e. The molecule has 0 heterocycles. The van der Waals surface area contributed by atoms with Crippen LogP contribution in [0.25, 0.3) is 0 Å². The van der Waals surface area contributed by atoms with E-state index in [2.05, 4.69) is 10.1 Å². The molecule has 1 atom stereocenters. The zero-order valence-corrected chi connectivity index (χ0v) is 11.2. The molecule has 0 aromatic heterocycles. The van der Waals surface area contributed by atoms with Crippen molar-refractivity contribution in [3.05, 3.63) is 0 Å².